The van der Waals surface area contributed by atoms with Crippen LogP contribution >= 0.6 is 0 Å². The molecular weight excluding hydrogens is 206 g/mol. The number of rotatable bonds is 5. The molecule has 0 aliphatic heterocycles. The number of terminal acetylenes is 1. The number of benzene rings is 1. The van der Waals surface area contributed by atoms with Crippen LogP contribution in [0.5, 0.6) is 0 Å². The van der Waals surface area contributed by atoms with E-state index in [0.29, 0.717) is 5.92 Å². The van der Waals surface area contributed by atoms with Crippen molar-refractivity contribution in [3.8, 4) is 12.3 Å². The van der Waals surface area contributed by atoms with Gasteiger partial charge >= 0.3 is 0 Å². The third-order valence-corrected chi connectivity index (χ3v) is 2.79. The Hall–Kier alpha value is -1.26. The van der Waals surface area contributed by atoms with Crippen molar-refractivity contribution in [1.29, 1.82) is 0 Å². The smallest absolute Gasteiger partial charge is 0.00967 e. The van der Waals surface area contributed by atoms with Crippen molar-refractivity contribution in [1.82, 2.24) is 5.32 Å². The minimum absolute atomic E-state index is 0.156. The molecule has 0 fully saturated rings. The van der Waals surface area contributed by atoms with Crippen molar-refractivity contribution < 1.29 is 0 Å². The zero-order chi connectivity index (χ0) is 12.7. The third-order valence-electron chi connectivity index (χ3n) is 2.79. The van der Waals surface area contributed by atoms with Gasteiger partial charge in [0.15, 0.2) is 0 Å². The molecule has 0 spiro atoms. The summed E-state index contributed by atoms with van der Waals surface area (Å²) in [6, 6.07) is 10.6. The van der Waals surface area contributed by atoms with Crippen LogP contribution in [0.1, 0.15) is 45.1 Å². The fourth-order valence-electron chi connectivity index (χ4n) is 1.80. The van der Waals surface area contributed by atoms with Crippen LogP contribution in [0.3, 0.4) is 0 Å². The van der Waals surface area contributed by atoms with E-state index in [0.717, 1.165) is 19.4 Å². The molecule has 0 aliphatic carbocycles. The maximum absolute atomic E-state index is 5.37. The first-order valence-corrected chi connectivity index (χ1v) is 6.26. The molecule has 1 heteroatoms. The molecule has 0 saturated carbocycles. The van der Waals surface area contributed by atoms with Gasteiger partial charge in [-0.15, -0.1) is 12.3 Å². The normalized spacial score (nSPS) is 13.1. The second-order valence-corrected chi connectivity index (χ2v) is 5.48. The fourth-order valence-corrected chi connectivity index (χ4v) is 1.80. The molecule has 1 nitrogen and oxygen atoms in total. The lowest BCUT2D eigenvalue weighted by molar-refractivity contribution is 0.400. The highest BCUT2D eigenvalue weighted by Gasteiger charge is 2.15. The zero-order valence-corrected chi connectivity index (χ0v) is 11.2. The Kier molecular flexibility index (Phi) is 5.25. The Bertz CT molecular complexity index is 353. The maximum atomic E-state index is 5.37. The van der Waals surface area contributed by atoms with Crippen LogP contribution in [-0.2, 0) is 0 Å². The molecule has 92 valence electrons. The summed E-state index contributed by atoms with van der Waals surface area (Å²) in [6.07, 6.45) is 7.25. The zero-order valence-electron chi connectivity index (χ0n) is 11.2. The van der Waals surface area contributed by atoms with Gasteiger partial charge in [-0.25, -0.2) is 0 Å². The summed E-state index contributed by atoms with van der Waals surface area (Å²) >= 11 is 0. The first-order valence-electron chi connectivity index (χ1n) is 6.26. The van der Waals surface area contributed by atoms with Crippen LogP contribution in [0.25, 0.3) is 0 Å². The molecular formula is C16H23N. The summed E-state index contributed by atoms with van der Waals surface area (Å²) in [5, 5.41) is 3.56. The highest BCUT2D eigenvalue weighted by molar-refractivity contribution is 5.20. The molecule has 0 radical (unpaired) electrons. The molecule has 1 N–H and O–H groups in total. The summed E-state index contributed by atoms with van der Waals surface area (Å²) in [6.45, 7) is 7.55. The van der Waals surface area contributed by atoms with Crippen LogP contribution in [0.2, 0.25) is 0 Å². The first kappa shape index (κ1) is 13.8. The van der Waals surface area contributed by atoms with Gasteiger partial charge in [-0.2, -0.15) is 0 Å². The van der Waals surface area contributed by atoms with Gasteiger partial charge in [-0.05, 0) is 38.7 Å². The van der Waals surface area contributed by atoms with E-state index in [1.807, 2.05) is 0 Å². The van der Waals surface area contributed by atoms with E-state index in [9.17, 15) is 0 Å². The second kappa shape index (κ2) is 6.47. The molecule has 0 aromatic heterocycles. The molecule has 0 amide bonds. The average molecular weight is 229 g/mol. The first-order chi connectivity index (χ1) is 8.03. The SMILES string of the molecule is C#CCCC(CNC(C)(C)C)c1ccccc1. The van der Waals surface area contributed by atoms with Crippen LogP contribution in [0.15, 0.2) is 30.3 Å². The minimum Gasteiger partial charge on any atom is -0.311 e. The lowest BCUT2D eigenvalue weighted by Crippen LogP contribution is -2.38. The van der Waals surface area contributed by atoms with Crippen molar-refractivity contribution >= 4 is 0 Å². The summed E-state index contributed by atoms with van der Waals surface area (Å²) in [7, 11) is 0. The molecule has 0 saturated heterocycles. The Morgan fingerprint density at radius 1 is 1.24 bits per heavy atom. The quantitative estimate of drug-likeness (QED) is 0.761. The Morgan fingerprint density at radius 2 is 1.88 bits per heavy atom. The lowest BCUT2D eigenvalue weighted by Gasteiger charge is -2.25. The monoisotopic (exact) mass is 229 g/mol. The predicted molar refractivity (Wildman–Crippen MR) is 75.0 cm³/mol. The van der Waals surface area contributed by atoms with Gasteiger partial charge in [0, 0.05) is 18.5 Å². The van der Waals surface area contributed by atoms with Crippen molar-refractivity contribution in [2.75, 3.05) is 6.54 Å². The van der Waals surface area contributed by atoms with Crippen molar-refractivity contribution in [2.24, 2.45) is 0 Å². The molecule has 1 aromatic rings. The van der Waals surface area contributed by atoms with Crippen molar-refractivity contribution in [3.05, 3.63) is 35.9 Å². The van der Waals surface area contributed by atoms with Gasteiger partial charge in [-0.1, -0.05) is 30.3 Å². The van der Waals surface area contributed by atoms with Crippen molar-refractivity contribution in [2.45, 2.75) is 45.1 Å². The molecule has 1 unspecified atom stereocenters. The third kappa shape index (κ3) is 5.56. The maximum Gasteiger partial charge on any atom is 0.00967 e. The largest absolute Gasteiger partial charge is 0.311 e. The summed E-state index contributed by atoms with van der Waals surface area (Å²) in [5.41, 5.74) is 1.53. The fraction of sp³-hybridized carbons (Fsp3) is 0.500. The van der Waals surface area contributed by atoms with Crippen LogP contribution in [0, 0.1) is 12.3 Å². The van der Waals surface area contributed by atoms with E-state index in [4.69, 9.17) is 6.42 Å². The van der Waals surface area contributed by atoms with E-state index in [2.05, 4.69) is 62.3 Å². The summed E-state index contributed by atoms with van der Waals surface area (Å²) < 4.78 is 0. The summed E-state index contributed by atoms with van der Waals surface area (Å²) in [5.74, 6) is 3.24. The molecule has 1 rings (SSSR count). The van der Waals surface area contributed by atoms with Gasteiger partial charge in [0.1, 0.15) is 0 Å². The number of nitrogens with one attached hydrogen (secondary N) is 1. The topological polar surface area (TPSA) is 12.0 Å². The lowest BCUT2D eigenvalue weighted by atomic mass is 9.93. The highest BCUT2D eigenvalue weighted by Crippen LogP contribution is 2.21. The van der Waals surface area contributed by atoms with Crippen LogP contribution in [0.4, 0.5) is 0 Å². The van der Waals surface area contributed by atoms with E-state index >= 15 is 0 Å². The van der Waals surface area contributed by atoms with Crippen molar-refractivity contribution in [3.63, 3.8) is 0 Å². The Balaban J connectivity index is 2.65. The Morgan fingerprint density at radius 3 is 2.41 bits per heavy atom. The molecule has 0 heterocycles. The molecule has 0 aliphatic rings. The van der Waals surface area contributed by atoms with Gasteiger partial charge in [0.2, 0.25) is 0 Å². The van der Waals surface area contributed by atoms with E-state index in [1.54, 1.807) is 0 Å². The number of hydrogen-bond acceptors (Lipinski definition) is 1. The molecule has 1 atom stereocenters. The average Bonchev–Trinajstić information content (AvgIpc) is 2.29. The van der Waals surface area contributed by atoms with Crippen LogP contribution in [-0.4, -0.2) is 12.1 Å². The summed E-state index contributed by atoms with van der Waals surface area (Å²) in [4.78, 5) is 0. The van der Waals surface area contributed by atoms with E-state index < -0.39 is 0 Å². The minimum atomic E-state index is 0.156. The molecule has 1 aromatic carbocycles. The van der Waals surface area contributed by atoms with Gasteiger partial charge in [0.05, 0.1) is 0 Å². The van der Waals surface area contributed by atoms with Gasteiger partial charge < -0.3 is 5.32 Å². The van der Waals surface area contributed by atoms with E-state index in [1.165, 1.54) is 5.56 Å². The second-order valence-electron chi connectivity index (χ2n) is 5.48. The molecule has 0 bridgehead atoms. The van der Waals surface area contributed by atoms with Gasteiger partial charge in [-0.3, -0.25) is 0 Å². The van der Waals surface area contributed by atoms with Crippen LogP contribution < -0.4 is 5.32 Å². The standard InChI is InChI=1S/C16H23N/c1-5-6-10-15(13-17-16(2,3)4)14-11-8-7-9-12-14/h1,7-9,11-12,15,17H,6,10,13H2,2-4H3. The predicted octanol–water partition coefficient (Wildman–Crippen LogP) is 3.57. The Labute approximate surface area is 106 Å². The highest BCUT2D eigenvalue weighted by atomic mass is 14.9. The number of hydrogen-bond donors (Lipinski definition) is 1. The van der Waals surface area contributed by atoms with E-state index in [-0.39, 0.29) is 5.54 Å². The van der Waals surface area contributed by atoms with Gasteiger partial charge in [0.25, 0.3) is 0 Å². The molecule has 17 heavy (non-hydrogen) atoms.